The van der Waals surface area contributed by atoms with Crippen LogP contribution in [0.1, 0.15) is 46.3 Å². The summed E-state index contributed by atoms with van der Waals surface area (Å²) in [5.74, 6) is -0.425. The van der Waals surface area contributed by atoms with Crippen LogP contribution < -0.4 is 0 Å². The lowest BCUT2D eigenvalue weighted by Crippen LogP contribution is -2.43. The van der Waals surface area contributed by atoms with Crippen LogP contribution in [0.4, 0.5) is 0 Å². The molecule has 1 aliphatic heterocycles. The number of ether oxygens (including phenoxy) is 1. The third-order valence-corrected chi connectivity index (χ3v) is 6.84. The van der Waals surface area contributed by atoms with Crippen molar-refractivity contribution in [1.82, 2.24) is 9.47 Å². The molecule has 6 heteroatoms. The van der Waals surface area contributed by atoms with E-state index in [1.165, 1.54) is 16.0 Å². The summed E-state index contributed by atoms with van der Waals surface area (Å²) in [5.41, 5.74) is 4.22. The summed E-state index contributed by atoms with van der Waals surface area (Å²) in [5, 5.41) is 0. The summed E-state index contributed by atoms with van der Waals surface area (Å²) in [6.45, 7) is 8.15. The molecule has 0 N–H and O–H groups in total. The van der Waals surface area contributed by atoms with Crippen molar-refractivity contribution in [3.63, 3.8) is 0 Å². The van der Waals surface area contributed by atoms with E-state index in [4.69, 9.17) is 4.74 Å². The molecule has 1 aromatic carbocycles. The Labute approximate surface area is 181 Å². The second kappa shape index (κ2) is 8.64. The molecular weight excluding hydrogens is 396 g/mol. The van der Waals surface area contributed by atoms with E-state index in [1.807, 2.05) is 30.0 Å². The summed E-state index contributed by atoms with van der Waals surface area (Å²) < 4.78 is 8.46. The molecule has 1 atom stereocenters. The number of piperidine rings is 1. The van der Waals surface area contributed by atoms with E-state index in [2.05, 4.69) is 36.6 Å². The Morgan fingerprint density at radius 1 is 1.20 bits per heavy atom. The number of likely N-dealkylation sites (tertiary alicyclic amines) is 1. The van der Waals surface area contributed by atoms with Crippen LogP contribution in [0, 0.1) is 19.8 Å². The van der Waals surface area contributed by atoms with Gasteiger partial charge in [-0.25, -0.2) is 0 Å². The zero-order valence-corrected chi connectivity index (χ0v) is 18.6. The van der Waals surface area contributed by atoms with Crippen LogP contribution >= 0.6 is 11.3 Å². The first-order valence-corrected chi connectivity index (χ1v) is 11.4. The minimum atomic E-state index is -0.231. The molecule has 30 heavy (non-hydrogen) atoms. The molecule has 1 saturated heterocycles. The highest BCUT2D eigenvalue weighted by Gasteiger charge is 2.31. The number of aromatic nitrogens is 1. The van der Waals surface area contributed by atoms with E-state index in [0.29, 0.717) is 31.9 Å². The fourth-order valence-electron chi connectivity index (χ4n) is 4.25. The van der Waals surface area contributed by atoms with Crippen LogP contribution in [0.15, 0.2) is 36.4 Å². The number of aryl methyl sites for hydroxylation is 2. The molecule has 0 spiro atoms. The Morgan fingerprint density at radius 3 is 2.77 bits per heavy atom. The number of thiophene rings is 1. The number of amides is 1. The highest BCUT2D eigenvalue weighted by Crippen LogP contribution is 2.31. The second-order valence-electron chi connectivity index (χ2n) is 7.99. The van der Waals surface area contributed by atoms with Gasteiger partial charge < -0.3 is 14.2 Å². The quantitative estimate of drug-likeness (QED) is 0.554. The zero-order valence-electron chi connectivity index (χ0n) is 17.8. The fourth-order valence-corrected chi connectivity index (χ4v) is 5.21. The van der Waals surface area contributed by atoms with Gasteiger partial charge in [0.1, 0.15) is 5.69 Å². The summed E-state index contributed by atoms with van der Waals surface area (Å²) in [6, 6.07) is 12.5. The lowest BCUT2D eigenvalue weighted by molar-refractivity contribution is -0.149. The number of hydrogen-bond donors (Lipinski definition) is 0. The van der Waals surface area contributed by atoms with Crippen molar-refractivity contribution in [3.05, 3.63) is 58.1 Å². The largest absolute Gasteiger partial charge is 0.466 e. The lowest BCUT2D eigenvalue weighted by Gasteiger charge is -2.31. The van der Waals surface area contributed by atoms with E-state index >= 15 is 0 Å². The standard InChI is InChI=1S/C24H28N2O3S/c1-4-29-24(28)19-10-7-11-25(14-19)23(27)21-13-22-20(12-17(3)30-22)26(21)15-18-9-6-5-8-16(18)2/h5-6,8-9,12-13,19H,4,7,10-11,14-15H2,1-3H3/t19-/m0/s1. The van der Waals surface area contributed by atoms with Gasteiger partial charge in [-0.3, -0.25) is 9.59 Å². The van der Waals surface area contributed by atoms with Gasteiger partial charge in [0.2, 0.25) is 0 Å². The van der Waals surface area contributed by atoms with Gasteiger partial charge in [0.05, 0.1) is 22.7 Å². The number of nitrogens with zero attached hydrogens (tertiary/aromatic N) is 2. The van der Waals surface area contributed by atoms with Crippen molar-refractivity contribution >= 4 is 33.4 Å². The third-order valence-electron chi connectivity index (χ3n) is 5.85. The molecule has 158 valence electrons. The van der Waals surface area contributed by atoms with Crippen LogP contribution in [0.25, 0.3) is 10.2 Å². The molecule has 3 aromatic rings. The second-order valence-corrected chi connectivity index (χ2v) is 9.28. The minimum absolute atomic E-state index is 0.00126. The Kier molecular flexibility index (Phi) is 5.95. The summed E-state index contributed by atoms with van der Waals surface area (Å²) >= 11 is 1.71. The zero-order chi connectivity index (χ0) is 21.3. The molecule has 5 nitrogen and oxygen atoms in total. The first-order valence-electron chi connectivity index (χ1n) is 10.6. The molecule has 3 heterocycles. The Bertz CT molecular complexity index is 1080. The van der Waals surface area contributed by atoms with Gasteiger partial charge in [0, 0.05) is 24.5 Å². The number of esters is 1. The van der Waals surface area contributed by atoms with Crippen LogP contribution in [0.5, 0.6) is 0 Å². The van der Waals surface area contributed by atoms with Gasteiger partial charge >= 0.3 is 5.97 Å². The summed E-state index contributed by atoms with van der Waals surface area (Å²) in [6.07, 6.45) is 1.60. The van der Waals surface area contributed by atoms with Crippen molar-refractivity contribution in [2.45, 2.75) is 40.2 Å². The number of hydrogen-bond acceptors (Lipinski definition) is 4. The Hall–Kier alpha value is -2.60. The molecule has 4 rings (SSSR count). The first kappa shape index (κ1) is 20.7. The maximum absolute atomic E-state index is 13.5. The van der Waals surface area contributed by atoms with Gasteiger partial charge in [-0.2, -0.15) is 0 Å². The summed E-state index contributed by atoms with van der Waals surface area (Å²) in [4.78, 5) is 28.8. The van der Waals surface area contributed by atoms with Crippen molar-refractivity contribution in [2.24, 2.45) is 5.92 Å². The first-order chi connectivity index (χ1) is 14.5. The van der Waals surface area contributed by atoms with E-state index in [-0.39, 0.29) is 17.8 Å². The molecule has 2 aromatic heterocycles. The van der Waals surface area contributed by atoms with Gasteiger partial charge in [-0.1, -0.05) is 24.3 Å². The topological polar surface area (TPSA) is 51.5 Å². The van der Waals surface area contributed by atoms with Crippen LogP contribution in [0.2, 0.25) is 0 Å². The SMILES string of the molecule is CCOC(=O)[C@H]1CCCN(C(=O)c2cc3sc(C)cc3n2Cc2ccccc2C)C1. The monoisotopic (exact) mass is 424 g/mol. The smallest absolute Gasteiger partial charge is 0.310 e. The predicted molar refractivity (Wildman–Crippen MR) is 120 cm³/mol. The van der Waals surface area contributed by atoms with Crippen LogP contribution in [0.3, 0.4) is 0 Å². The molecule has 0 bridgehead atoms. The van der Waals surface area contributed by atoms with Crippen molar-refractivity contribution in [2.75, 3.05) is 19.7 Å². The molecular formula is C24H28N2O3S. The van der Waals surface area contributed by atoms with Gasteiger partial charge in [0.25, 0.3) is 5.91 Å². The normalized spacial score (nSPS) is 16.8. The van der Waals surface area contributed by atoms with Crippen molar-refractivity contribution < 1.29 is 14.3 Å². The van der Waals surface area contributed by atoms with Crippen LogP contribution in [-0.4, -0.2) is 41.0 Å². The molecule has 1 fully saturated rings. The Balaban J connectivity index is 1.66. The highest BCUT2D eigenvalue weighted by molar-refractivity contribution is 7.19. The predicted octanol–water partition coefficient (Wildman–Crippen LogP) is 4.78. The third kappa shape index (κ3) is 4.01. The number of carbonyl (C=O) groups excluding carboxylic acids is 2. The van der Waals surface area contributed by atoms with Crippen LogP contribution in [-0.2, 0) is 16.1 Å². The van der Waals surface area contributed by atoms with E-state index in [1.54, 1.807) is 11.3 Å². The highest BCUT2D eigenvalue weighted by atomic mass is 32.1. The number of benzene rings is 1. The molecule has 1 aliphatic rings. The maximum Gasteiger partial charge on any atom is 0.310 e. The molecule has 0 saturated carbocycles. The minimum Gasteiger partial charge on any atom is -0.466 e. The van der Waals surface area contributed by atoms with E-state index < -0.39 is 0 Å². The van der Waals surface area contributed by atoms with E-state index in [0.717, 1.165) is 23.1 Å². The van der Waals surface area contributed by atoms with Gasteiger partial charge in [-0.05, 0) is 56.9 Å². The molecule has 0 unspecified atom stereocenters. The number of rotatable bonds is 5. The van der Waals surface area contributed by atoms with Crippen molar-refractivity contribution in [1.29, 1.82) is 0 Å². The molecule has 1 amide bonds. The fraction of sp³-hybridized carbons (Fsp3) is 0.417. The van der Waals surface area contributed by atoms with Gasteiger partial charge in [-0.15, -0.1) is 11.3 Å². The van der Waals surface area contributed by atoms with E-state index in [9.17, 15) is 9.59 Å². The number of fused-ring (bicyclic) bond motifs is 1. The Morgan fingerprint density at radius 2 is 2.00 bits per heavy atom. The van der Waals surface area contributed by atoms with Gasteiger partial charge in [0.15, 0.2) is 0 Å². The van der Waals surface area contributed by atoms with Crippen molar-refractivity contribution in [3.8, 4) is 0 Å². The summed E-state index contributed by atoms with van der Waals surface area (Å²) in [7, 11) is 0. The average Bonchev–Trinajstić information content (AvgIpc) is 3.26. The maximum atomic E-state index is 13.5. The number of carbonyl (C=O) groups is 2. The lowest BCUT2D eigenvalue weighted by atomic mass is 9.98. The molecule has 0 aliphatic carbocycles. The molecule has 0 radical (unpaired) electrons. The average molecular weight is 425 g/mol.